The highest BCUT2D eigenvalue weighted by Crippen LogP contribution is 2.25. The van der Waals surface area contributed by atoms with E-state index in [1.165, 1.54) is 17.3 Å². The summed E-state index contributed by atoms with van der Waals surface area (Å²) in [6.45, 7) is 6.97. The molecule has 2 aromatic carbocycles. The van der Waals surface area contributed by atoms with Crippen LogP contribution in [0.3, 0.4) is 0 Å². The van der Waals surface area contributed by atoms with Gasteiger partial charge < -0.3 is 14.6 Å². The Kier molecular flexibility index (Phi) is 6.78. The van der Waals surface area contributed by atoms with Gasteiger partial charge in [-0.05, 0) is 56.2 Å². The van der Waals surface area contributed by atoms with Crippen molar-refractivity contribution >= 4 is 34.4 Å². The third-order valence-corrected chi connectivity index (χ3v) is 5.48. The summed E-state index contributed by atoms with van der Waals surface area (Å²) < 4.78 is 5.52. The number of carbonyl (C=O) groups excluding carboxylic acids is 1. The number of fused-ring (bicyclic) bond motifs is 1. The zero-order valence-corrected chi connectivity index (χ0v) is 17.7. The number of nitrogens with one attached hydrogen (secondary N) is 1. The van der Waals surface area contributed by atoms with Crippen molar-refractivity contribution in [3.63, 3.8) is 0 Å². The Morgan fingerprint density at radius 3 is 2.79 bits per heavy atom. The van der Waals surface area contributed by atoms with Gasteiger partial charge in [-0.1, -0.05) is 17.8 Å². The van der Waals surface area contributed by atoms with Gasteiger partial charge >= 0.3 is 0 Å². The molecule has 0 bridgehead atoms. The van der Waals surface area contributed by atoms with Gasteiger partial charge in [-0.15, -0.1) is 0 Å². The van der Waals surface area contributed by atoms with Crippen LogP contribution in [0, 0.1) is 25.2 Å². The maximum absolute atomic E-state index is 12.9. The maximum atomic E-state index is 12.9. The van der Waals surface area contributed by atoms with E-state index in [4.69, 9.17) is 10.00 Å². The van der Waals surface area contributed by atoms with Crippen LogP contribution in [0.25, 0.3) is 11.0 Å². The third kappa shape index (κ3) is 5.09. The van der Waals surface area contributed by atoms with Crippen LogP contribution in [0.2, 0.25) is 0 Å². The summed E-state index contributed by atoms with van der Waals surface area (Å²) in [7, 11) is 0. The fourth-order valence-corrected chi connectivity index (χ4v) is 3.71. The number of amides is 1. The van der Waals surface area contributed by atoms with E-state index < -0.39 is 0 Å². The highest BCUT2D eigenvalue weighted by Gasteiger charge is 2.17. The number of hydrogen-bond acceptors (Lipinski definition) is 5. The number of imidazole rings is 1. The molecule has 29 heavy (non-hydrogen) atoms. The Morgan fingerprint density at radius 1 is 1.24 bits per heavy atom. The number of benzene rings is 2. The summed E-state index contributed by atoms with van der Waals surface area (Å²) in [5.74, 6) is 0.967. The normalized spacial score (nSPS) is 10.7. The van der Waals surface area contributed by atoms with Crippen LogP contribution in [0.4, 0.5) is 5.69 Å². The van der Waals surface area contributed by atoms with Gasteiger partial charge in [-0.25, -0.2) is 4.98 Å². The summed E-state index contributed by atoms with van der Waals surface area (Å²) >= 11 is 1.36. The first-order chi connectivity index (χ1) is 14.0. The van der Waals surface area contributed by atoms with E-state index in [2.05, 4.69) is 16.0 Å². The predicted molar refractivity (Wildman–Crippen MR) is 116 cm³/mol. The Balaban J connectivity index is 1.73. The maximum Gasteiger partial charge on any atom is 0.237 e. The Labute approximate surface area is 174 Å². The average molecular weight is 409 g/mol. The number of nitriles is 1. The second-order valence-electron chi connectivity index (χ2n) is 6.66. The van der Waals surface area contributed by atoms with Crippen LogP contribution in [-0.4, -0.2) is 34.8 Å². The van der Waals surface area contributed by atoms with Gasteiger partial charge in [-0.2, -0.15) is 5.26 Å². The van der Waals surface area contributed by atoms with Gasteiger partial charge in [0.25, 0.3) is 0 Å². The minimum Gasteiger partial charge on any atom is -0.494 e. The first kappa shape index (κ1) is 20.7. The minimum atomic E-state index is -0.0519. The molecule has 0 spiro atoms. The average Bonchev–Trinajstić information content (AvgIpc) is 3.11. The zero-order valence-electron chi connectivity index (χ0n) is 16.9. The number of aryl methyl sites for hydroxylation is 2. The van der Waals surface area contributed by atoms with Crippen LogP contribution in [0.1, 0.15) is 24.5 Å². The standard InChI is InChI=1S/C22H24N4O2S/c1-4-28-18-8-9-19-20(13-18)25-22(24-19)29-14-21(27)26(11-5-10-23)17-7-6-15(2)16(3)12-17/h6-9,12-13H,4-5,11,14H2,1-3H3,(H,24,25). The minimum absolute atomic E-state index is 0.0519. The van der Waals surface area contributed by atoms with Gasteiger partial charge in [0.2, 0.25) is 5.91 Å². The molecule has 1 amide bonds. The number of thioether (sulfide) groups is 1. The largest absolute Gasteiger partial charge is 0.494 e. The van der Waals surface area contributed by atoms with Crippen molar-refractivity contribution in [1.82, 2.24) is 9.97 Å². The molecule has 1 aromatic heterocycles. The van der Waals surface area contributed by atoms with Crippen LogP contribution < -0.4 is 9.64 Å². The third-order valence-electron chi connectivity index (χ3n) is 4.63. The van der Waals surface area contributed by atoms with E-state index in [1.54, 1.807) is 4.90 Å². The monoisotopic (exact) mass is 408 g/mol. The summed E-state index contributed by atoms with van der Waals surface area (Å²) in [5.41, 5.74) is 4.82. The van der Waals surface area contributed by atoms with Crippen molar-refractivity contribution < 1.29 is 9.53 Å². The number of anilines is 1. The molecule has 0 radical (unpaired) electrons. The SMILES string of the molecule is CCOc1ccc2nc(SCC(=O)N(CCC#N)c3ccc(C)c(C)c3)[nH]c2c1. The molecule has 3 rings (SSSR count). The molecule has 0 unspecified atom stereocenters. The van der Waals surface area contributed by atoms with Crippen LogP contribution in [-0.2, 0) is 4.79 Å². The van der Waals surface area contributed by atoms with Crippen molar-refractivity contribution in [3.05, 3.63) is 47.5 Å². The highest BCUT2D eigenvalue weighted by atomic mass is 32.2. The van der Waals surface area contributed by atoms with Crippen LogP contribution in [0.5, 0.6) is 5.75 Å². The zero-order chi connectivity index (χ0) is 20.8. The molecule has 150 valence electrons. The molecule has 1 heterocycles. The number of rotatable bonds is 8. The van der Waals surface area contributed by atoms with Gasteiger partial charge in [0.15, 0.2) is 5.16 Å². The van der Waals surface area contributed by atoms with Crippen molar-refractivity contribution in [2.75, 3.05) is 23.8 Å². The second kappa shape index (κ2) is 9.48. The molecule has 7 heteroatoms. The molecule has 0 aliphatic heterocycles. The lowest BCUT2D eigenvalue weighted by atomic mass is 10.1. The van der Waals surface area contributed by atoms with Gasteiger partial charge in [0, 0.05) is 18.3 Å². The second-order valence-corrected chi connectivity index (χ2v) is 7.63. The molecule has 0 aliphatic carbocycles. The number of H-pyrrole nitrogens is 1. The lowest BCUT2D eigenvalue weighted by molar-refractivity contribution is -0.116. The van der Waals surface area contributed by atoms with E-state index in [1.807, 2.05) is 57.2 Å². The summed E-state index contributed by atoms with van der Waals surface area (Å²) in [6, 6.07) is 13.7. The quantitative estimate of drug-likeness (QED) is 0.550. The first-order valence-electron chi connectivity index (χ1n) is 9.51. The summed E-state index contributed by atoms with van der Waals surface area (Å²) in [4.78, 5) is 22.4. The molecule has 0 atom stereocenters. The predicted octanol–water partition coefficient (Wildman–Crippen LogP) is 4.62. The lowest BCUT2D eigenvalue weighted by Crippen LogP contribution is -2.33. The lowest BCUT2D eigenvalue weighted by Gasteiger charge is -2.22. The topological polar surface area (TPSA) is 82.0 Å². The molecule has 0 saturated carbocycles. The number of aromatic nitrogens is 2. The number of aromatic amines is 1. The fourth-order valence-electron chi connectivity index (χ4n) is 2.95. The van der Waals surface area contributed by atoms with Crippen molar-refractivity contribution in [3.8, 4) is 11.8 Å². The number of hydrogen-bond donors (Lipinski definition) is 1. The molecule has 1 N–H and O–H groups in total. The van der Waals surface area contributed by atoms with E-state index in [-0.39, 0.29) is 18.1 Å². The van der Waals surface area contributed by atoms with Gasteiger partial charge in [-0.3, -0.25) is 4.79 Å². The van der Waals surface area contributed by atoms with Crippen LogP contribution >= 0.6 is 11.8 Å². The summed E-state index contributed by atoms with van der Waals surface area (Å²) in [5, 5.41) is 9.66. The molecule has 3 aromatic rings. The van der Waals surface area contributed by atoms with Crippen LogP contribution in [0.15, 0.2) is 41.6 Å². The number of carbonyl (C=O) groups is 1. The van der Waals surface area contributed by atoms with Crippen molar-refractivity contribution in [2.24, 2.45) is 0 Å². The first-order valence-corrected chi connectivity index (χ1v) is 10.5. The Hall–Kier alpha value is -2.98. The molecular formula is C22H24N4O2S. The Morgan fingerprint density at radius 2 is 2.07 bits per heavy atom. The van der Waals surface area contributed by atoms with Gasteiger partial charge in [0.1, 0.15) is 5.75 Å². The van der Waals surface area contributed by atoms with E-state index in [9.17, 15) is 4.79 Å². The molecule has 6 nitrogen and oxygen atoms in total. The molecule has 0 saturated heterocycles. The smallest absolute Gasteiger partial charge is 0.237 e. The molecule has 0 fully saturated rings. The van der Waals surface area contributed by atoms with Crippen molar-refractivity contribution in [1.29, 1.82) is 5.26 Å². The summed E-state index contributed by atoms with van der Waals surface area (Å²) in [6.07, 6.45) is 0.286. The fraction of sp³-hybridized carbons (Fsp3) is 0.318. The van der Waals surface area contributed by atoms with Gasteiger partial charge in [0.05, 0.1) is 35.9 Å². The molecule has 0 aliphatic rings. The van der Waals surface area contributed by atoms with E-state index in [0.29, 0.717) is 18.3 Å². The Bertz CT molecular complexity index is 1050. The highest BCUT2D eigenvalue weighted by molar-refractivity contribution is 7.99. The van der Waals surface area contributed by atoms with E-state index >= 15 is 0 Å². The van der Waals surface area contributed by atoms with E-state index in [0.717, 1.165) is 28.0 Å². The number of ether oxygens (including phenoxy) is 1. The van der Waals surface area contributed by atoms with Crippen molar-refractivity contribution in [2.45, 2.75) is 32.3 Å². The number of nitrogens with zero attached hydrogens (tertiary/aromatic N) is 3. The molecular weight excluding hydrogens is 384 g/mol.